The number of fused-ring (bicyclic) bond motifs is 1. The van der Waals surface area contributed by atoms with Gasteiger partial charge in [-0.2, -0.15) is 0 Å². The van der Waals surface area contributed by atoms with Gasteiger partial charge in [-0.05, 0) is 37.3 Å². The van der Waals surface area contributed by atoms with Crippen molar-refractivity contribution in [2.45, 2.75) is 13.5 Å². The van der Waals surface area contributed by atoms with E-state index in [1.807, 2.05) is 11.6 Å². The van der Waals surface area contributed by atoms with Gasteiger partial charge in [-0.1, -0.05) is 0 Å². The van der Waals surface area contributed by atoms with Crippen LogP contribution in [0.3, 0.4) is 0 Å². The van der Waals surface area contributed by atoms with E-state index in [-0.39, 0.29) is 18.1 Å². The quantitative estimate of drug-likeness (QED) is 0.408. The first-order valence-corrected chi connectivity index (χ1v) is 7.29. The number of rotatable bonds is 5. The van der Waals surface area contributed by atoms with Crippen LogP contribution in [0, 0.1) is 10.1 Å². The number of carbonyl (C=O) groups is 1. The van der Waals surface area contributed by atoms with E-state index in [0.717, 1.165) is 5.52 Å². The SMILES string of the molecule is CC(=O)c1ccc(OCc2nc3cc([N+](=O)[O-])ccc3n2C)cc1. The summed E-state index contributed by atoms with van der Waals surface area (Å²) in [6, 6.07) is 11.4. The summed E-state index contributed by atoms with van der Waals surface area (Å²) < 4.78 is 7.52. The van der Waals surface area contributed by atoms with Gasteiger partial charge in [0.05, 0.1) is 16.0 Å². The number of aromatic nitrogens is 2. The molecule has 0 spiro atoms. The summed E-state index contributed by atoms with van der Waals surface area (Å²) in [4.78, 5) is 26.1. The Morgan fingerprint density at radius 3 is 2.58 bits per heavy atom. The zero-order chi connectivity index (χ0) is 17.3. The van der Waals surface area contributed by atoms with Gasteiger partial charge in [-0.3, -0.25) is 14.9 Å². The fourth-order valence-corrected chi connectivity index (χ4v) is 2.41. The van der Waals surface area contributed by atoms with Crippen LogP contribution >= 0.6 is 0 Å². The van der Waals surface area contributed by atoms with E-state index in [2.05, 4.69) is 4.98 Å². The Bertz CT molecular complexity index is 929. The lowest BCUT2D eigenvalue weighted by Crippen LogP contribution is -2.03. The van der Waals surface area contributed by atoms with E-state index in [1.54, 1.807) is 30.3 Å². The lowest BCUT2D eigenvalue weighted by atomic mass is 10.1. The summed E-state index contributed by atoms with van der Waals surface area (Å²) >= 11 is 0. The highest BCUT2D eigenvalue weighted by molar-refractivity contribution is 5.94. The molecule has 0 atom stereocenters. The molecule has 2 aromatic carbocycles. The minimum absolute atomic E-state index is 0.00139. The number of hydrogen-bond acceptors (Lipinski definition) is 5. The number of nitro benzene ring substituents is 1. The first-order valence-electron chi connectivity index (χ1n) is 7.29. The fourth-order valence-electron chi connectivity index (χ4n) is 2.41. The lowest BCUT2D eigenvalue weighted by molar-refractivity contribution is -0.384. The minimum atomic E-state index is -0.444. The van der Waals surface area contributed by atoms with Crippen molar-refractivity contribution in [1.82, 2.24) is 9.55 Å². The van der Waals surface area contributed by atoms with Crippen molar-refractivity contribution in [1.29, 1.82) is 0 Å². The van der Waals surface area contributed by atoms with Crippen molar-refractivity contribution in [3.63, 3.8) is 0 Å². The van der Waals surface area contributed by atoms with Crippen molar-refractivity contribution < 1.29 is 14.5 Å². The average Bonchev–Trinajstić information content (AvgIpc) is 2.89. The maximum absolute atomic E-state index is 11.3. The van der Waals surface area contributed by atoms with Crippen LogP contribution in [0.4, 0.5) is 5.69 Å². The molecule has 1 aromatic heterocycles. The van der Waals surface area contributed by atoms with Crippen molar-refractivity contribution in [3.8, 4) is 5.75 Å². The molecule has 122 valence electrons. The highest BCUT2D eigenvalue weighted by atomic mass is 16.6. The summed E-state index contributed by atoms with van der Waals surface area (Å²) in [7, 11) is 1.83. The van der Waals surface area contributed by atoms with Crippen LogP contribution in [-0.2, 0) is 13.7 Å². The normalized spacial score (nSPS) is 10.8. The molecule has 0 aliphatic heterocycles. The topological polar surface area (TPSA) is 87.3 Å². The molecule has 0 aliphatic carbocycles. The third-order valence-electron chi connectivity index (χ3n) is 3.80. The maximum atomic E-state index is 11.3. The zero-order valence-corrected chi connectivity index (χ0v) is 13.2. The predicted octanol–water partition coefficient (Wildman–Crippen LogP) is 3.26. The van der Waals surface area contributed by atoms with Gasteiger partial charge < -0.3 is 9.30 Å². The molecule has 7 heteroatoms. The number of nitrogens with zero attached hydrogens (tertiary/aromatic N) is 3. The molecular weight excluding hydrogens is 310 g/mol. The highest BCUT2D eigenvalue weighted by Crippen LogP contribution is 2.22. The Labute approximate surface area is 137 Å². The number of aryl methyl sites for hydroxylation is 1. The number of Topliss-reactive ketones (excluding diaryl/α,β-unsaturated/α-hetero) is 1. The monoisotopic (exact) mass is 325 g/mol. The summed E-state index contributed by atoms with van der Waals surface area (Å²) in [6.07, 6.45) is 0. The molecule has 0 radical (unpaired) electrons. The van der Waals surface area contributed by atoms with E-state index in [0.29, 0.717) is 22.7 Å². The molecule has 0 saturated heterocycles. The first kappa shape index (κ1) is 15.7. The number of carbonyl (C=O) groups excluding carboxylic acids is 1. The lowest BCUT2D eigenvalue weighted by Gasteiger charge is -2.06. The van der Waals surface area contributed by atoms with Gasteiger partial charge in [-0.15, -0.1) is 0 Å². The first-order chi connectivity index (χ1) is 11.5. The smallest absolute Gasteiger partial charge is 0.271 e. The molecular formula is C17H15N3O4. The second-order valence-electron chi connectivity index (χ2n) is 5.39. The van der Waals surface area contributed by atoms with Crippen LogP contribution in [0.2, 0.25) is 0 Å². The molecule has 3 rings (SSSR count). The minimum Gasteiger partial charge on any atom is -0.486 e. The Morgan fingerprint density at radius 2 is 1.96 bits per heavy atom. The van der Waals surface area contributed by atoms with Crippen LogP contribution in [0.1, 0.15) is 23.1 Å². The standard InChI is InChI=1S/C17H15N3O4/c1-11(21)12-3-6-14(7-4-12)24-10-17-18-15-9-13(20(22)23)5-8-16(15)19(17)2/h3-9H,10H2,1-2H3. The van der Waals surface area contributed by atoms with Crippen molar-refractivity contribution in [2.24, 2.45) is 7.05 Å². The van der Waals surface area contributed by atoms with Crippen LogP contribution in [0.15, 0.2) is 42.5 Å². The van der Waals surface area contributed by atoms with E-state index in [9.17, 15) is 14.9 Å². The molecule has 0 saturated carbocycles. The predicted molar refractivity (Wildman–Crippen MR) is 88.1 cm³/mol. The van der Waals surface area contributed by atoms with Gasteiger partial charge in [0, 0.05) is 24.7 Å². The molecule has 7 nitrogen and oxygen atoms in total. The third-order valence-corrected chi connectivity index (χ3v) is 3.80. The zero-order valence-electron chi connectivity index (χ0n) is 13.2. The summed E-state index contributed by atoms with van der Waals surface area (Å²) in [5.41, 5.74) is 1.98. The van der Waals surface area contributed by atoms with E-state index >= 15 is 0 Å². The molecule has 0 fully saturated rings. The molecule has 0 amide bonds. The number of nitro groups is 1. The van der Waals surface area contributed by atoms with Crippen LogP contribution in [0.25, 0.3) is 11.0 Å². The average molecular weight is 325 g/mol. The molecule has 0 N–H and O–H groups in total. The van der Waals surface area contributed by atoms with E-state index in [1.165, 1.54) is 19.1 Å². The van der Waals surface area contributed by atoms with Gasteiger partial charge >= 0.3 is 0 Å². The Morgan fingerprint density at radius 1 is 1.25 bits per heavy atom. The molecule has 0 bridgehead atoms. The largest absolute Gasteiger partial charge is 0.486 e. The van der Waals surface area contributed by atoms with Crippen LogP contribution in [-0.4, -0.2) is 20.3 Å². The third kappa shape index (κ3) is 2.96. The van der Waals surface area contributed by atoms with Gasteiger partial charge in [0.1, 0.15) is 18.2 Å². The molecule has 0 unspecified atom stereocenters. The Balaban J connectivity index is 1.81. The van der Waals surface area contributed by atoms with Gasteiger partial charge in [-0.25, -0.2) is 4.98 Å². The van der Waals surface area contributed by atoms with Gasteiger partial charge in [0.15, 0.2) is 5.78 Å². The molecule has 1 heterocycles. The van der Waals surface area contributed by atoms with Crippen molar-refractivity contribution in [2.75, 3.05) is 0 Å². The molecule has 0 aliphatic rings. The number of benzene rings is 2. The van der Waals surface area contributed by atoms with Gasteiger partial charge in [0.2, 0.25) is 0 Å². The fraction of sp³-hybridized carbons (Fsp3) is 0.176. The second-order valence-corrected chi connectivity index (χ2v) is 5.39. The van der Waals surface area contributed by atoms with Crippen molar-refractivity contribution in [3.05, 3.63) is 64.0 Å². The number of ketones is 1. The summed E-state index contributed by atoms with van der Waals surface area (Å²) in [5, 5.41) is 10.8. The number of non-ortho nitro benzene ring substituents is 1. The molecule has 3 aromatic rings. The number of ether oxygens (including phenoxy) is 1. The van der Waals surface area contributed by atoms with E-state index in [4.69, 9.17) is 4.74 Å². The highest BCUT2D eigenvalue weighted by Gasteiger charge is 2.13. The Kier molecular flexibility index (Phi) is 3.99. The van der Waals surface area contributed by atoms with Crippen molar-refractivity contribution >= 4 is 22.5 Å². The maximum Gasteiger partial charge on any atom is 0.271 e. The summed E-state index contributed by atoms with van der Waals surface area (Å²) in [6.45, 7) is 1.73. The van der Waals surface area contributed by atoms with E-state index < -0.39 is 4.92 Å². The molecule has 24 heavy (non-hydrogen) atoms. The number of hydrogen-bond donors (Lipinski definition) is 0. The number of imidazole rings is 1. The van der Waals surface area contributed by atoms with Crippen LogP contribution in [0.5, 0.6) is 5.75 Å². The summed E-state index contributed by atoms with van der Waals surface area (Å²) in [5.74, 6) is 1.28. The van der Waals surface area contributed by atoms with Crippen LogP contribution < -0.4 is 4.74 Å². The van der Waals surface area contributed by atoms with Gasteiger partial charge in [0.25, 0.3) is 5.69 Å². The Hall–Kier alpha value is -3.22. The second kappa shape index (κ2) is 6.11.